The Balaban J connectivity index is 1.42. The molecule has 0 unspecified atom stereocenters. The van der Waals surface area contributed by atoms with Crippen LogP contribution in [-0.2, 0) is 6.54 Å². The highest BCUT2D eigenvalue weighted by molar-refractivity contribution is 6.32. The second kappa shape index (κ2) is 9.54. The van der Waals surface area contributed by atoms with Crippen LogP contribution in [0.25, 0.3) is 32.8 Å². The molecule has 2 aliphatic heterocycles. The van der Waals surface area contributed by atoms with Crippen molar-refractivity contribution in [3.05, 3.63) is 46.4 Å². The molecule has 0 atom stereocenters. The molecule has 2 aliphatic rings. The zero-order valence-corrected chi connectivity index (χ0v) is 21.0. The lowest BCUT2D eigenvalue weighted by atomic mass is 10.1. The number of pyridine rings is 1. The van der Waals surface area contributed by atoms with Crippen molar-refractivity contribution in [2.24, 2.45) is 0 Å². The Morgan fingerprint density at radius 2 is 1.47 bits per heavy atom. The molecular formula is C27H31Cl2N5. The van der Waals surface area contributed by atoms with Gasteiger partial charge in [0, 0.05) is 52.7 Å². The van der Waals surface area contributed by atoms with E-state index in [0.717, 1.165) is 64.2 Å². The molecule has 0 bridgehead atoms. The third-order valence-corrected chi connectivity index (χ3v) is 7.91. The molecule has 178 valence electrons. The molecule has 6 rings (SSSR count). The van der Waals surface area contributed by atoms with E-state index < -0.39 is 0 Å². The van der Waals surface area contributed by atoms with Gasteiger partial charge in [-0.3, -0.25) is 0 Å². The maximum atomic E-state index is 6.53. The lowest BCUT2D eigenvalue weighted by Gasteiger charge is -2.17. The van der Waals surface area contributed by atoms with Gasteiger partial charge in [-0.1, -0.05) is 23.2 Å². The van der Waals surface area contributed by atoms with Crippen LogP contribution in [0.5, 0.6) is 0 Å². The first-order valence-corrected chi connectivity index (χ1v) is 13.3. The van der Waals surface area contributed by atoms with E-state index in [4.69, 9.17) is 28.2 Å². The molecule has 2 aromatic carbocycles. The van der Waals surface area contributed by atoms with Crippen molar-refractivity contribution in [2.45, 2.75) is 32.2 Å². The fourth-order valence-electron chi connectivity index (χ4n) is 5.69. The minimum Gasteiger partial charge on any atom is -0.383 e. The van der Waals surface area contributed by atoms with Crippen molar-refractivity contribution in [2.75, 3.05) is 51.1 Å². The lowest BCUT2D eigenvalue weighted by molar-refractivity contribution is 0.326. The maximum absolute atomic E-state index is 6.53. The second-order valence-corrected chi connectivity index (χ2v) is 10.6. The van der Waals surface area contributed by atoms with Gasteiger partial charge in [0.2, 0.25) is 0 Å². The third-order valence-electron chi connectivity index (χ3n) is 7.45. The third kappa shape index (κ3) is 4.35. The van der Waals surface area contributed by atoms with E-state index in [1.807, 2.05) is 24.3 Å². The Morgan fingerprint density at radius 1 is 0.735 bits per heavy atom. The molecule has 0 amide bonds. The zero-order valence-electron chi connectivity index (χ0n) is 19.5. The normalized spacial score (nSPS) is 17.6. The molecule has 2 aromatic heterocycles. The molecule has 0 saturated carbocycles. The van der Waals surface area contributed by atoms with Crippen LogP contribution in [0.3, 0.4) is 0 Å². The van der Waals surface area contributed by atoms with E-state index >= 15 is 0 Å². The quantitative estimate of drug-likeness (QED) is 0.328. The van der Waals surface area contributed by atoms with E-state index in [9.17, 15) is 0 Å². The number of hydrogen-bond donors (Lipinski definition) is 1. The summed E-state index contributed by atoms with van der Waals surface area (Å²) < 4.78 is 2.42. The average Bonchev–Trinajstić information content (AvgIpc) is 3.58. The van der Waals surface area contributed by atoms with Crippen molar-refractivity contribution in [3.8, 4) is 0 Å². The first kappa shape index (κ1) is 22.4. The number of aromatic nitrogens is 2. The van der Waals surface area contributed by atoms with Crippen molar-refractivity contribution in [1.29, 1.82) is 0 Å². The summed E-state index contributed by atoms with van der Waals surface area (Å²) in [5.41, 5.74) is 5.33. The zero-order chi connectivity index (χ0) is 23.1. The van der Waals surface area contributed by atoms with Gasteiger partial charge in [-0.15, -0.1) is 0 Å². The highest BCUT2D eigenvalue weighted by Crippen LogP contribution is 2.35. The number of rotatable bonds is 7. The monoisotopic (exact) mass is 495 g/mol. The van der Waals surface area contributed by atoms with E-state index in [1.54, 1.807) is 0 Å². The van der Waals surface area contributed by atoms with Gasteiger partial charge in [0.05, 0.1) is 22.1 Å². The predicted molar refractivity (Wildman–Crippen MR) is 145 cm³/mol. The SMILES string of the molecule is Clc1cc(NCCN2CCCC2)c2cc3c(nc2c1)c1cc(Cl)ccc1n3CCN1CCCC1. The van der Waals surface area contributed by atoms with Crippen molar-refractivity contribution in [1.82, 2.24) is 19.4 Å². The maximum Gasteiger partial charge on any atom is 0.0968 e. The summed E-state index contributed by atoms with van der Waals surface area (Å²) in [6.45, 7) is 8.78. The van der Waals surface area contributed by atoms with Crippen molar-refractivity contribution >= 4 is 61.7 Å². The van der Waals surface area contributed by atoms with Crippen LogP contribution >= 0.6 is 23.2 Å². The Labute approximate surface area is 210 Å². The molecule has 4 heterocycles. The van der Waals surface area contributed by atoms with Gasteiger partial charge in [-0.25, -0.2) is 4.98 Å². The van der Waals surface area contributed by atoms with Crippen LogP contribution < -0.4 is 5.32 Å². The van der Waals surface area contributed by atoms with Crippen LogP contribution in [0.1, 0.15) is 25.7 Å². The van der Waals surface area contributed by atoms with Gasteiger partial charge < -0.3 is 19.7 Å². The first-order chi connectivity index (χ1) is 16.7. The molecule has 2 fully saturated rings. The summed E-state index contributed by atoms with van der Waals surface area (Å²) in [7, 11) is 0. The van der Waals surface area contributed by atoms with E-state index in [0.29, 0.717) is 5.02 Å². The highest BCUT2D eigenvalue weighted by Gasteiger charge is 2.18. The number of halogens is 2. The summed E-state index contributed by atoms with van der Waals surface area (Å²) in [5, 5.41) is 7.33. The van der Waals surface area contributed by atoms with Gasteiger partial charge in [-0.05, 0) is 88.3 Å². The smallest absolute Gasteiger partial charge is 0.0968 e. The van der Waals surface area contributed by atoms with Gasteiger partial charge in [0.15, 0.2) is 0 Å². The molecule has 0 aliphatic carbocycles. The fraction of sp³-hybridized carbons (Fsp3) is 0.444. The van der Waals surface area contributed by atoms with Crippen molar-refractivity contribution in [3.63, 3.8) is 0 Å². The summed E-state index contributed by atoms with van der Waals surface area (Å²) in [6.07, 6.45) is 5.24. The summed E-state index contributed by atoms with van der Waals surface area (Å²) in [4.78, 5) is 10.2. The molecule has 2 saturated heterocycles. The number of fused-ring (bicyclic) bond motifs is 4. The minimum atomic E-state index is 0.707. The molecule has 4 aromatic rings. The van der Waals surface area contributed by atoms with Gasteiger partial charge in [0.1, 0.15) is 0 Å². The number of anilines is 1. The molecule has 0 radical (unpaired) electrons. The van der Waals surface area contributed by atoms with Crippen LogP contribution in [0.15, 0.2) is 36.4 Å². The summed E-state index contributed by atoms with van der Waals surface area (Å²) in [6, 6.07) is 12.5. The Bertz CT molecular complexity index is 1340. The Morgan fingerprint density at radius 3 is 2.24 bits per heavy atom. The standard InChI is InChI=1S/C27H31Cl2N5/c28-19-5-6-25-22(15-19)27-26(34(25)14-13-33-10-3-4-11-33)18-21-23(16-20(29)17-24(21)31-27)30-7-12-32-8-1-2-9-32/h5-6,15-18,30H,1-4,7-14H2. The van der Waals surface area contributed by atoms with E-state index in [1.165, 1.54) is 57.4 Å². The Kier molecular flexibility index (Phi) is 6.29. The van der Waals surface area contributed by atoms with Crippen LogP contribution in [-0.4, -0.2) is 65.2 Å². The largest absolute Gasteiger partial charge is 0.383 e. The van der Waals surface area contributed by atoms with E-state index in [2.05, 4.69) is 31.8 Å². The van der Waals surface area contributed by atoms with Gasteiger partial charge >= 0.3 is 0 Å². The number of benzene rings is 2. The molecule has 34 heavy (non-hydrogen) atoms. The number of likely N-dealkylation sites (tertiary alicyclic amines) is 2. The second-order valence-electron chi connectivity index (χ2n) is 9.71. The lowest BCUT2D eigenvalue weighted by Crippen LogP contribution is -2.26. The molecule has 7 heteroatoms. The fourth-order valence-corrected chi connectivity index (χ4v) is 6.07. The molecular weight excluding hydrogens is 465 g/mol. The van der Waals surface area contributed by atoms with Crippen molar-refractivity contribution < 1.29 is 0 Å². The van der Waals surface area contributed by atoms with Gasteiger partial charge in [-0.2, -0.15) is 0 Å². The highest BCUT2D eigenvalue weighted by atomic mass is 35.5. The summed E-state index contributed by atoms with van der Waals surface area (Å²) >= 11 is 12.9. The Hall–Kier alpha value is -2.05. The average molecular weight is 496 g/mol. The molecule has 1 N–H and O–H groups in total. The van der Waals surface area contributed by atoms with Crippen LogP contribution in [0, 0.1) is 0 Å². The van der Waals surface area contributed by atoms with Crippen LogP contribution in [0.2, 0.25) is 10.0 Å². The first-order valence-electron chi connectivity index (χ1n) is 12.6. The van der Waals surface area contributed by atoms with Gasteiger partial charge in [0.25, 0.3) is 0 Å². The summed E-state index contributed by atoms with van der Waals surface area (Å²) in [5.74, 6) is 0. The minimum absolute atomic E-state index is 0.707. The predicted octanol–water partition coefficient (Wildman–Crippen LogP) is 6.25. The molecule has 5 nitrogen and oxygen atoms in total. The number of nitrogens with zero attached hydrogens (tertiary/aromatic N) is 4. The number of hydrogen-bond acceptors (Lipinski definition) is 4. The topological polar surface area (TPSA) is 36.3 Å². The molecule has 0 spiro atoms. The number of nitrogens with one attached hydrogen (secondary N) is 1. The van der Waals surface area contributed by atoms with E-state index in [-0.39, 0.29) is 0 Å². The van der Waals surface area contributed by atoms with Crippen LogP contribution in [0.4, 0.5) is 5.69 Å².